The van der Waals surface area contributed by atoms with Crippen LogP contribution in [0.3, 0.4) is 0 Å². The van der Waals surface area contributed by atoms with Crippen molar-refractivity contribution in [2.75, 3.05) is 14.2 Å². The van der Waals surface area contributed by atoms with Gasteiger partial charge in [-0.2, -0.15) is 9.98 Å². The van der Waals surface area contributed by atoms with Crippen molar-refractivity contribution >= 4 is 23.5 Å². The molecule has 0 radical (unpaired) electrons. The summed E-state index contributed by atoms with van der Waals surface area (Å²) >= 11 is 0. The highest BCUT2D eigenvalue weighted by atomic mass is 16.5. The van der Waals surface area contributed by atoms with Crippen molar-refractivity contribution in [1.82, 2.24) is 0 Å². The molecule has 0 amide bonds. The number of methoxy groups -OCH3 is 2. The number of benzene rings is 2. The van der Waals surface area contributed by atoms with Gasteiger partial charge < -0.3 is 9.47 Å². The highest BCUT2D eigenvalue weighted by Gasteiger charge is 2.07. The molecule has 0 N–H and O–H groups in total. The van der Waals surface area contributed by atoms with E-state index < -0.39 is 0 Å². The van der Waals surface area contributed by atoms with Gasteiger partial charge in [-0.05, 0) is 41.8 Å². The van der Waals surface area contributed by atoms with Crippen LogP contribution < -0.4 is 9.47 Å². The highest BCUT2D eigenvalue weighted by Crippen LogP contribution is 2.31. The van der Waals surface area contributed by atoms with Gasteiger partial charge in [0.25, 0.3) is 0 Å². The molecule has 6 heteroatoms. The van der Waals surface area contributed by atoms with E-state index in [2.05, 4.69) is 9.98 Å². The van der Waals surface area contributed by atoms with Crippen molar-refractivity contribution in [1.29, 1.82) is 0 Å². The summed E-state index contributed by atoms with van der Waals surface area (Å²) in [4.78, 5) is 27.9. The summed E-state index contributed by atoms with van der Waals surface area (Å²) in [5, 5.41) is 0. The molecule has 116 valence electrons. The number of rotatable bonds is 6. The number of nitrogens with zero attached hydrogens (tertiary/aromatic N) is 2. The fourth-order valence-electron chi connectivity index (χ4n) is 2.18. The Morgan fingerprint density at radius 1 is 0.826 bits per heavy atom. The van der Waals surface area contributed by atoms with E-state index in [0.717, 1.165) is 11.1 Å². The Balaban J connectivity index is 2.32. The predicted octanol–water partition coefficient (Wildman–Crippen LogP) is 3.23. The van der Waals surface area contributed by atoms with E-state index in [0.29, 0.717) is 29.3 Å². The van der Waals surface area contributed by atoms with Crippen LogP contribution >= 0.6 is 0 Å². The molecule has 0 atom stereocenters. The van der Waals surface area contributed by atoms with Gasteiger partial charge >= 0.3 is 0 Å². The Bertz CT molecular complexity index is 737. The maximum Gasteiger partial charge on any atom is 0.240 e. The summed E-state index contributed by atoms with van der Waals surface area (Å²) in [6, 6.07) is 10.7. The maximum atomic E-state index is 10.4. The molecular weight excluding hydrogens is 296 g/mol. The average Bonchev–Trinajstić information content (AvgIpc) is 2.58. The first-order valence-corrected chi connectivity index (χ1v) is 6.71. The Morgan fingerprint density at radius 3 is 1.61 bits per heavy atom. The average molecular weight is 310 g/mol. The number of hydrogen-bond acceptors (Lipinski definition) is 6. The van der Waals surface area contributed by atoms with E-state index in [-0.39, 0.29) is 0 Å². The fraction of sp³-hybridized carbons (Fsp3) is 0.176. The van der Waals surface area contributed by atoms with Crippen LogP contribution in [0.15, 0.2) is 46.4 Å². The van der Waals surface area contributed by atoms with Gasteiger partial charge in [0.1, 0.15) is 22.9 Å². The maximum absolute atomic E-state index is 10.4. The number of carbonyl (C=O) groups excluding carboxylic acids is 2. The Morgan fingerprint density at radius 2 is 1.26 bits per heavy atom. The van der Waals surface area contributed by atoms with Gasteiger partial charge in [-0.25, -0.2) is 9.59 Å². The smallest absolute Gasteiger partial charge is 0.240 e. The van der Waals surface area contributed by atoms with Gasteiger partial charge in [0.2, 0.25) is 12.2 Å². The second-order valence-corrected chi connectivity index (χ2v) is 4.60. The van der Waals surface area contributed by atoms with Crippen molar-refractivity contribution in [2.45, 2.75) is 6.42 Å². The molecule has 0 fully saturated rings. The third kappa shape index (κ3) is 3.92. The molecule has 2 aromatic rings. The zero-order chi connectivity index (χ0) is 16.7. The van der Waals surface area contributed by atoms with Gasteiger partial charge in [-0.15, -0.1) is 0 Å². The van der Waals surface area contributed by atoms with Crippen LogP contribution in [-0.2, 0) is 16.0 Å². The first-order chi connectivity index (χ1) is 11.2. The van der Waals surface area contributed by atoms with E-state index in [4.69, 9.17) is 9.47 Å². The molecule has 0 aromatic heterocycles. The normalized spacial score (nSPS) is 9.48. The largest absolute Gasteiger partial charge is 0.494 e. The summed E-state index contributed by atoms with van der Waals surface area (Å²) in [6.45, 7) is 0. The van der Waals surface area contributed by atoms with Crippen molar-refractivity contribution < 1.29 is 19.1 Å². The fourth-order valence-corrected chi connectivity index (χ4v) is 2.18. The van der Waals surface area contributed by atoms with Gasteiger partial charge in [0.15, 0.2) is 0 Å². The molecular formula is C17H14N2O4. The van der Waals surface area contributed by atoms with Crippen molar-refractivity contribution in [2.24, 2.45) is 9.98 Å². The zero-order valence-electron chi connectivity index (χ0n) is 12.7. The Kier molecular flexibility index (Phi) is 5.42. The van der Waals surface area contributed by atoms with Gasteiger partial charge in [0.05, 0.1) is 14.2 Å². The number of ether oxygens (including phenoxy) is 2. The SMILES string of the molecule is COc1cc(Cc2ccc(N=C=O)c(OC)c2)ccc1N=C=O. The molecule has 0 spiro atoms. The Labute approximate surface area is 133 Å². The minimum absolute atomic E-state index is 0.430. The van der Waals surface area contributed by atoms with E-state index in [1.807, 2.05) is 12.1 Å². The van der Waals surface area contributed by atoms with Gasteiger partial charge in [-0.1, -0.05) is 12.1 Å². The number of isocyanates is 2. The van der Waals surface area contributed by atoms with Crippen LogP contribution in [0, 0.1) is 0 Å². The van der Waals surface area contributed by atoms with Gasteiger partial charge in [-0.3, -0.25) is 0 Å². The number of aliphatic imine (C=N–C) groups is 2. The van der Waals surface area contributed by atoms with E-state index in [1.54, 1.807) is 24.3 Å². The molecule has 0 heterocycles. The van der Waals surface area contributed by atoms with Crippen molar-refractivity contribution in [3.8, 4) is 11.5 Å². The van der Waals surface area contributed by atoms with Crippen LogP contribution in [0.5, 0.6) is 11.5 Å². The molecule has 0 aliphatic carbocycles. The molecule has 6 nitrogen and oxygen atoms in total. The van der Waals surface area contributed by atoms with Crippen LogP contribution in [-0.4, -0.2) is 26.4 Å². The second-order valence-electron chi connectivity index (χ2n) is 4.60. The highest BCUT2D eigenvalue weighted by molar-refractivity contribution is 5.60. The molecule has 0 aliphatic rings. The molecule has 23 heavy (non-hydrogen) atoms. The van der Waals surface area contributed by atoms with E-state index in [9.17, 15) is 9.59 Å². The summed E-state index contributed by atoms with van der Waals surface area (Å²) in [6.07, 6.45) is 3.61. The molecule has 0 unspecified atom stereocenters. The lowest BCUT2D eigenvalue weighted by Gasteiger charge is -2.09. The summed E-state index contributed by atoms with van der Waals surface area (Å²) in [5.41, 5.74) is 2.81. The molecule has 0 saturated heterocycles. The molecule has 2 aromatic carbocycles. The monoisotopic (exact) mass is 310 g/mol. The van der Waals surface area contributed by atoms with Gasteiger partial charge in [0, 0.05) is 0 Å². The molecule has 0 saturated carbocycles. The minimum Gasteiger partial charge on any atom is -0.494 e. The third-order valence-electron chi connectivity index (χ3n) is 3.23. The summed E-state index contributed by atoms with van der Waals surface area (Å²) in [5.74, 6) is 1.000. The topological polar surface area (TPSA) is 77.3 Å². The Hall–Kier alpha value is -3.20. The molecule has 0 bridgehead atoms. The number of hydrogen-bond donors (Lipinski definition) is 0. The zero-order valence-corrected chi connectivity index (χ0v) is 12.7. The second kappa shape index (κ2) is 7.71. The predicted molar refractivity (Wildman–Crippen MR) is 84.4 cm³/mol. The molecule has 0 aliphatic heterocycles. The van der Waals surface area contributed by atoms with Crippen LogP contribution in [0.25, 0.3) is 0 Å². The van der Waals surface area contributed by atoms with Crippen LogP contribution in [0.2, 0.25) is 0 Å². The first kappa shape index (κ1) is 16.2. The lowest BCUT2D eigenvalue weighted by molar-refractivity contribution is 0.415. The quantitative estimate of drug-likeness (QED) is 0.606. The van der Waals surface area contributed by atoms with Crippen molar-refractivity contribution in [3.05, 3.63) is 47.5 Å². The lowest BCUT2D eigenvalue weighted by atomic mass is 10.0. The van der Waals surface area contributed by atoms with Crippen LogP contribution in [0.1, 0.15) is 11.1 Å². The third-order valence-corrected chi connectivity index (χ3v) is 3.23. The van der Waals surface area contributed by atoms with E-state index in [1.165, 1.54) is 26.4 Å². The van der Waals surface area contributed by atoms with Crippen molar-refractivity contribution in [3.63, 3.8) is 0 Å². The minimum atomic E-state index is 0.430. The molecule has 2 rings (SSSR count). The lowest BCUT2D eigenvalue weighted by Crippen LogP contribution is -1.92. The first-order valence-electron chi connectivity index (χ1n) is 6.71. The van der Waals surface area contributed by atoms with Crippen LogP contribution in [0.4, 0.5) is 11.4 Å². The summed E-state index contributed by atoms with van der Waals surface area (Å²) in [7, 11) is 3.02. The van der Waals surface area contributed by atoms with E-state index >= 15 is 0 Å². The standard InChI is InChI=1S/C17H14N2O4/c1-22-16-8-12(3-5-14(16)18-10-20)7-13-4-6-15(19-11-21)17(9-13)23-2/h3-6,8-9H,7H2,1-2H3. The summed E-state index contributed by atoms with van der Waals surface area (Å²) < 4.78 is 10.4.